The number of hydrogen-bond acceptors (Lipinski definition) is 2. The molecule has 0 unspecified atom stereocenters. The van der Waals surface area contributed by atoms with Crippen molar-refractivity contribution in [3.63, 3.8) is 0 Å². The number of nitrogens with zero attached hydrogens (tertiary/aromatic N) is 1. The molecule has 1 aromatic rings. The van der Waals surface area contributed by atoms with Crippen molar-refractivity contribution in [2.24, 2.45) is 5.73 Å². The smallest absolute Gasteiger partial charge is 0.111 e. The van der Waals surface area contributed by atoms with Crippen LogP contribution in [0, 0.1) is 0 Å². The van der Waals surface area contributed by atoms with Gasteiger partial charge in [0.25, 0.3) is 0 Å². The summed E-state index contributed by atoms with van der Waals surface area (Å²) in [5.41, 5.74) is 7.79. The highest BCUT2D eigenvalue weighted by Gasteiger charge is 2.12. The summed E-state index contributed by atoms with van der Waals surface area (Å²) in [4.78, 5) is 5.60. The lowest BCUT2D eigenvalue weighted by molar-refractivity contribution is 0.277. The zero-order chi connectivity index (χ0) is 11.4. The first kappa shape index (κ1) is 12.0. The van der Waals surface area contributed by atoms with Gasteiger partial charge >= 0.3 is 0 Å². The van der Waals surface area contributed by atoms with Crippen LogP contribution in [0.1, 0.15) is 36.9 Å². The Hall–Kier alpha value is -0.510. The van der Waals surface area contributed by atoms with Crippen LogP contribution < -0.4 is 5.73 Å². The minimum absolute atomic E-state index is 0.528. The number of likely N-dealkylation sites (tertiary alicyclic amines) is 1. The average Bonchev–Trinajstić information content (AvgIpc) is 2.51. The minimum Gasteiger partial charge on any atom is -0.348 e. The maximum atomic E-state index is 6.15. The van der Waals surface area contributed by atoms with E-state index in [1.807, 2.05) is 0 Å². The Labute approximate surface area is 102 Å². The summed E-state index contributed by atoms with van der Waals surface area (Å²) in [6.07, 6.45) is 5.36. The molecule has 1 aliphatic rings. The normalized spacial score (nSPS) is 18.6. The first-order valence-electron chi connectivity index (χ1n) is 6.08. The molecule has 3 nitrogen and oxygen atoms in total. The summed E-state index contributed by atoms with van der Waals surface area (Å²) in [6.45, 7) is 3.87. The van der Waals surface area contributed by atoms with E-state index in [1.54, 1.807) is 0 Å². The monoisotopic (exact) mass is 241 g/mol. The van der Waals surface area contributed by atoms with Gasteiger partial charge in [0.1, 0.15) is 5.15 Å². The Balaban J connectivity index is 1.98. The molecular formula is C12H20ClN3. The summed E-state index contributed by atoms with van der Waals surface area (Å²) in [6, 6.07) is 2.09. The van der Waals surface area contributed by atoms with Crippen molar-refractivity contribution >= 4 is 11.6 Å². The van der Waals surface area contributed by atoms with Crippen LogP contribution in [0.2, 0.25) is 5.15 Å². The first-order valence-corrected chi connectivity index (χ1v) is 6.46. The van der Waals surface area contributed by atoms with Crippen molar-refractivity contribution in [2.75, 3.05) is 13.1 Å². The maximum Gasteiger partial charge on any atom is 0.111 e. The molecular weight excluding hydrogens is 222 g/mol. The van der Waals surface area contributed by atoms with Gasteiger partial charge in [-0.05, 0) is 32.0 Å². The quantitative estimate of drug-likeness (QED) is 0.854. The van der Waals surface area contributed by atoms with Crippen molar-refractivity contribution in [2.45, 2.75) is 38.8 Å². The van der Waals surface area contributed by atoms with Crippen molar-refractivity contribution in [1.82, 2.24) is 9.88 Å². The Morgan fingerprint density at radius 2 is 1.94 bits per heavy atom. The molecule has 0 bridgehead atoms. The second kappa shape index (κ2) is 5.71. The largest absolute Gasteiger partial charge is 0.348 e. The first-order chi connectivity index (χ1) is 7.79. The van der Waals surface area contributed by atoms with E-state index in [2.05, 4.69) is 16.0 Å². The zero-order valence-corrected chi connectivity index (χ0v) is 10.4. The fourth-order valence-corrected chi connectivity index (χ4v) is 2.53. The fraction of sp³-hybridized carbons (Fsp3) is 0.667. The summed E-state index contributed by atoms with van der Waals surface area (Å²) < 4.78 is 0. The van der Waals surface area contributed by atoms with Gasteiger partial charge in [-0.25, -0.2) is 0 Å². The Bertz CT molecular complexity index is 327. The van der Waals surface area contributed by atoms with Crippen LogP contribution in [-0.4, -0.2) is 23.0 Å². The van der Waals surface area contributed by atoms with Crippen molar-refractivity contribution in [3.8, 4) is 0 Å². The predicted molar refractivity (Wildman–Crippen MR) is 67.4 cm³/mol. The summed E-state index contributed by atoms with van der Waals surface area (Å²) in [5, 5.41) is 0.754. The van der Waals surface area contributed by atoms with Crippen LogP contribution >= 0.6 is 11.6 Å². The number of aromatic nitrogens is 1. The molecule has 1 fully saturated rings. The third-order valence-electron chi connectivity index (χ3n) is 3.21. The topological polar surface area (TPSA) is 45.0 Å². The van der Waals surface area contributed by atoms with Gasteiger partial charge in [-0.2, -0.15) is 0 Å². The van der Waals surface area contributed by atoms with E-state index >= 15 is 0 Å². The molecule has 1 aromatic heterocycles. The van der Waals surface area contributed by atoms with Gasteiger partial charge in [0, 0.05) is 24.3 Å². The van der Waals surface area contributed by atoms with Gasteiger partial charge in [-0.1, -0.05) is 24.4 Å². The molecule has 2 heterocycles. The summed E-state index contributed by atoms with van der Waals surface area (Å²) in [7, 11) is 0. The molecule has 0 radical (unpaired) electrons. The van der Waals surface area contributed by atoms with E-state index in [9.17, 15) is 0 Å². The number of nitrogens with one attached hydrogen (secondary N) is 1. The number of aromatic amines is 1. The predicted octanol–water partition coefficient (Wildman–Crippen LogP) is 2.50. The molecule has 0 amide bonds. The van der Waals surface area contributed by atoms with Gasteiger partial charge < -0.3 is 10.7 Å². The molecule has 3 N–H and O–H groups in total. The van der Waals surface area contributed by atoms with Gasteiger partial charge in [0.2, 0.25) is 0 Å². The van der Waals surface area contributed by atoms with E-state index in [-0.39, 0.29) is 0 Å². The fourth-order valence-electron chi connectivity index (χ4n) is 2.29. The highest BCUT2D eigenvalue weighted by molar-refractivity contribution is 6.30. The molecule has 1 saturated heterocycles. The van der Waals surface area contributed by atoms with Crippen molar-refractivity contribution in [1.29, 1.82) is 0 Å². The second-order valence-corrected chi connectivity index (χ2v) is 4.91. The van der Waals surface area contributed by atoms with Crippen LogP contribution in [0.5, 0.6) is 0 Å². The molecule has 0 aliphatic carbocycles. The van der Waals surface area contributed by atoms with Crippen LogP contribution in [0.3, 0.4) is 0 Å². The standard InChI is InChI=1S/C12H20ClN3/c13-12-10(7-11(8-14)15-12)9-16-5-3-1-2-4-6-16/h7,15H,1-6,8-9,14H2. The van der Waals surface area contributed by atoms with Crippen LogP contribution in [-0.2, 0) is 13.1 Å². The Morgan fingerprint density at radius 1 is 1.25 bits per heavy atom. The SMILES string of the molecule is NCc1cc(CN2CCCCCC2)c(Cl)[nH]1. The van der Waals surface area contributed by atoms with Crippen LogP contribution in [0.4, 0.5) is 0 Å². The molecule has 0 aromatic carbocycles. The lowest BCUT2D eigenvalue weighted by Crippen LogP contribution is -2.23. The van der Waals surface area contributed by atoms with Crippen LogP contribution in [0.15, 0.2) is 6.07 Å². The van der Waals surface area contributed by atoms with E-state index in [0.29, 0.717) is 6.54 Å². The lowest BCUT2D eigenvalue weighted by atomic mass is 10.2. The highest BCUT2D eigenvalue weighted by atomic mass is 35.5. The number of hydrogen-bond donors (Lipinski definition) is 2. The van der Waals surface area contributed by atoms with E-state index in [4.69, 9.17) is 17.3 Å². The molecule has 0 atom stereocenters. The second-order valence-electron chi connectivity index (χ2n) is 4.53. The minimum atomic E-state index is 0.528. The number of nitrogens with two attached hydrogens (primary N) is 1. The number of halogens is 1. The molecule has 90 valence electrons. The molecule has 16 heavy (non-hydrogen) atoms. The van der Waals surface area contributed by atoms with Crippen molar-refractivity contribution in [3.05, 3.63) is 22.5 Å². The zero-order valence-electron chi connectivity index (χ0n) is 9.64. The molecule has 0 spiro atoms. The molecule has 0 saturated carbocycles. The maximum absolute atomic E-state index is 6.15. The highest BCUT2D eigenvalue weighted by Crippen LogP contribution is 2.20. The van der Waals surface area contributed by atoms with E-state index in [0.717, 1.165) is 17.4 Å². The lowest BCUT2D eigenvalue weighted by Gasteiger charge is -2.18. The third-order valence-corrected chi connectivity index (χ3v) is 3.55. The summed E-state index contributed by atoms with van der Waals surface area (Å²) >= 11 is 6.15. The van der Waals surface area contributed by atoms with Gasteiger partial charge in [0.15, 0.2) is 0 Å². The van der Waals surface area contributed by atoms with Crippen molar-refractivity contribution < 1.29 is 0 Å². The van der Waals surface area contributed by atoms with Gasteiger partial charge in [-0.15, -0.1) is 0 Å². The summed E-state index contributed by atoms with van der Waals surface area (Å²) in [5.74, 6) is 0. The van der Waals surface area contributed by atoms with Gasteiger partial charge in [-0.3, -0.25) is 4.90 Å². The number of rotatable bonds is 3. The molecule has 2 rings (SSSR count). The average molecular weight is 242 g/mol. The van der Waals surface area contributed by atoms with Crippen LogP contribution in [0.25, 0.3) is 0 Å². The number of H-pyrrole nitrogens is 1. The molecule has 1 aliphatic heterocycles. The Morgan fingerprint density at radius 3 is 2.50 bits per heavy atom. The van der Waals surface area contributed by atoms with Gasteiger partial charge in [0.05, 0.1) is 0 Å². The Kier molecular flexibility index (Phi) is 4.27. The molecule has 4 heteroatoms. The van der Waals surface area contributed by atoms with E-state index in [1.165, 1.54) is 44.3 Å². The third kappa shape index (κ3) is 3.00. The van der Waals surface area contributed by atoms with E-state index < -0.39 is 0 Å².